The maximum absolute atomic E-state index is 10.5. The molecule has 4 nitrogen and oxygen atoms in total. The minimum atomic E-state index is -0.604. The third-order valence-corrected chi connectivity index (χ3v) is 4.34. The quantitative estimate of drug-likeness (QED) is 0.631. The van der Waals surface area contributed by atoms with Gasteiger partial charge in [0.15, 0.2) is 4.96 Å². The van der Waals surface area contributed by atoms with Crippen molar-refractivity contribution < 1.29 is 5.11 Å². The van der Waals surface area contributed by atoms with Crippen LogP contribution in [0, 0.1) is 0 Å². The van der Waals surface area contributed by atoms with Gasteiger partial charge in [-0.15, -0.1) is 11.3 Å². The topological polar surface area (TPSA) is 50.4 Å². The van der Waals surface area contributed by atoms with E-state index in [0.717, 1.165) is 27.1 Å². The molecule has 1 atom stereocenters. The third-order valence-electron chi connectivity index (χ3n) is 3.57. The van der Waals surface area contributed by atoms with Crippen LogP contribution in [0.1, 0.15) is 17.4 Å². The van der Waals surface area contributed by atoms with Crippen LogP contribution in [0.4, 0.5) is 0 Å². The summed E-state index contributed by atoms with van der Waals surface area (Å²) in [7, 11) is 0. The minimum absolute atomic E-state index is 0.490. The van der Waals surface area contributed by atoms with E-state index in [0.29, 0.717) is 6.42 Å². The van der Waals surface area contributed by atoms with E-state index in [1.807, 2.05) is 52.5 Å². The Kier molecular flexibility index (Phi) is 2.94. The molecule has 1 unspecified atom stereocenters. The second kappa shape index (κ2) is 4.95. The Morgan fingerprint density at radius 2 is 2.14 bits per heavy atom. The summed E-state index contributed by atoms with van der Waals surface area (Å²) in [5.41, 5.74) is 2.60. The molecule has 0 radical (unpaired) electrons. The van der Waals surface area contributed by atoms with E-state index in [-0.39, 0.29) is 0 Å². The molecule has 1 aromatic carbocycles. The van der Waals surface area contributed by atoms with Crippen LogP contribution < -0.4 is 0 Å². The fourth-order valence-corrected chi connectivity index (χ4v) is 3.30. The molecule has 0 aliphatic rings. The van der Waals surface area contributed by atoms with Gasteiger partial charge in [0.2, 0.25) is 0 Å². The van der Waals surface area contributed by atoms with E-state index in [2.05, 4.69) is 9.97 Å². The van der Waals surface area contributed by atoms with Crippen LogP contribution in [0.15, 0.2) is 54.3 Å². The summed E-state index contributed by atoms with van der Waals surface area (Å²) in [5.74, 6) is 0. The second-order valence-corrected chi connectivity index (χ2v) is 5.84. The molecule has 4 rings (SSSR count). The van der Waals surface area contributed by atoms with E-state index in [1.54, 1.807) is 17.5 Å². The number of benzene rings is 1. The molecule has 0 aliphatic carbocycles. The van der Waals surface area contributed by atoms with Crippen LogP contribution in [0.5, 0.6) is 0 Å². The van der Waals surface area contributed by atoms with Crippen molar-refractivity contribution in [1.82, 2.24) is 14.4 Å². The Bertz CT molecular complexity index is 878. The number of aromatic nitrogens is 3. The molecular formula is C16H13N3OS. The molecule has 0 spiro atoms. The molecule has 0 saturated heterocycles. The number of aliphatic hydroxyl groups excluding tert-OH is 1. The summed E-state index contributed by atoms with van der Waals surface area (Å²) in [5, 5.41) is 13.6. The maximum atomic E-state index is 10.5. The average Bonchev–Trinajstić information content (AvgIpc) is 3.07. The summed E-state index contributed by atoms with van der Waals surface area (Å²) < 4.78 is 1.98. The highest BCUT2D eigenvalue weighted by Gasteiger charge is 2.14. The molecule has 104 valence electrons. The van der Waals surface area contributed by atoms with Crippen LogP contribution in [0.25, 0.3) is 15.9 Å². The Morgan fingerprint density at radius 3 is 3.05 bits per heavy atom. The molecule has 1 N–H and O–H groups in total. The van der Waals surface area contributed by atoms with Crippen molar-refractivity contribution in [2.75, 3.05) is 0 Å². The number of hydrogen-bond donors (Lipinski definition) is 1. The number of para-hydroxylation sites is 1. The zero-order valence-corrected chi connectivity index (χ0v) is 12.0. The van der Waals surface area contributed by atoms with Gasteiger partial charge in [-0.3, -0.25) is 9.38 Å². The Morgan fingerprint density at radius 1 is 1.24 bits per heavy atom. The van der Waals surface area contributed by atoms with Crippen molar-refractivity contribution in [3.63, 3.8) is 0 Å². The molecule has 0 aliphatic heterocycles. The first-order chi connectivity index (χ1) is 10.3. The molecule has 0 bridgehead atoms. The van der Waals surface area contributed by atoms with Gasteiger partial charge in [-0.05, 0) is 6.07 Å². The van der Waals surface area contributed by atoms with Crippen molar-refractivity contribution in [3.8, 4) is 0 Å². The van der Waals surface area contributed by atoms with Crippen LogP contribution in [-0.2, 0) is 6.42 Å². The summed E-state index contributed by atoms with van der Waals surface area (Å²) in [6.07, 6.45) is 5.58. The SMILES string of the molecule is OC(Cc1cn2ccsc2n1)c1cccc2cccnc12. The second-order valence-electron chi connectivity index (χ2n) is 4.97. The van der Waals surface area contributed by atoms with Crippen LogP contribution in [0.2, 0.25) is 0 Å². The first-order valence-electron chi connectivity index (χ1n) is 6.74. The zero-order chi connectivity index (χ0) is 14.2. The van der Waals surface area contributed by atoms with Crippen molar-refractivity contribution >= 4 is 27.2 Å². The first kappa shape index (κ1) is 12.5. The molecule has 0 amide bonds. The van der Waals surface area contributed by atoms with Crippen LogP contribution in [-0.4, -0.2) is 19.5 Å². The maximum Gasteiger partial charge on any atom is 0.193 e. The number of nitrogens with zero attached hydrogens (tertiary/aromatic N) is 3. The predicted octanol–water partition coefficient (Wildman–Crippen LogP) is 3.22. The highest BCUT2D eigenvalue weighted by molar-refractivity contribution is 7.15. The lowest BCUT2D eigenvalue weighted by Gasteiger charge is -2.11. The highest BCUT2D eigenvalue weighted by atomic mass is 32.1. The summed E-state index contributed by atoms with van der Waals surface area (Å²) >= 11 is 1.59. The van der Waals surface area contributed by atoms with E-state index < -0.39 is 6.10 Å². The molecule has 4 aromatic rings. The molecule has 21 heavy (non-hydrogen) atoms. The van der Waals surface area contributed by atoms with Gasteiger partial charge in [-0.1, -0.05) is 24.3 Å². The molecular weight excluding hydrogens is 282 g/mol. The van der Waals surface area contributed by atoms with E-state index in [4.69, 9.17) is 0 Å². The normalized spacial score (nSPS) is 13.0. The van der Waals surface area contributed by atoms with Crippen LogP contribution in [0.3, 0.4) is 0 Å². The Balaban J connectivity index is 1.69. The summed E-state index contributed by atoms with van der Waals surface area (Å²) in [4.78, 5) is 9.86. The van der Waals surface area contributed by atoms with Crippen LogP contribution >= 0.6 is 11.3 Å². The van der Waals surface area contributed by atoms with Crippen molar-refractivity contribution in [1.29, 1.82) is 0 Å². The minimum Gasteiger partial charge on any atom is -0.388 e. The Labute approximate surface area is 125 Å². The third kappa shape index (κ3) is 2.20. The number of hydrogen-bond acceptors (Lipinski definition) is 4. The largest absolute Gasteiger partial charge is 0.388 e. The molecule has 5 heteroatoms. The number of thiazole rings is 1. The van der Waals surface area contributed by atoms with E-state index >= 15 is 0 Å². The lowest BCUT2D eigenvalue weighted by atomic mass is 10.0. The van der Waals surface area contributed by atoms with Gasteiger partial charge in [0.1, 0.15) is 0 Å². The molecule has 0 saturated carbocycles. The molecule has 0 fully saturated rings. The van der Waals surface area contributed by atoms with E-state index in [9.17, 15) is 5.11 Å². The highest BCUT2D eigenvalue weighted by Crippen LogP contribution is 2.25. The van der Waals surface area contributed by atoms with Gasteiger partial charge in [-0.2, -0.15) is 0 Å². The number of pyridine rings is 1. The van der Waals surface area contributed by atoms with Gasteiger partial charge < -0.3 is 5.11 Å². The lowest BCUT2D eigenvalue weighted by Crippen LogP contribution is -2.03. The van der Waals surface area contributed by atoms with Gasteiger partial charge in [0, 0.05) is 41.3 Å². The molecule has 3 heterocycles. The van der Waals surface area contributed by atoms with Gasteiger partial charge in [-0.25, -0.2) is 4.98 Å². The fourth-order valence-electron chi connectivity index (χ4n) is 2.58. The average molecular weight is 295 g/mol. The monoisotopic (exact) mass is 295 g/mol. The Hall–Kier alpha value is -2.24. The van der Waals surface area contributed by atoms with Gasteiger partial charge in [0.25, 0.3) is 0 Å². The lowest BCUT2D eigenvalue weighted by molar-refractivity contribution is 0.178. The van der Waals surface area contributed by atoms with Crippen molar-refractivity contribution in [3.05, 3.63) is 65.6 Å². The summed E-state index contributed by atoms with van der Waals surface area (Å²) in [6.45, 7) is 0. The number of fused-ring (bicyclic) bond motifs is 2. The smallest absolute Gasteiger partial charge is 0.193 e. The van der Waals surface area contributed by atoms with Crippen molar-refractivity contribution in [2.45, 2.75) is 12.5 Å². The number of rotatable bonds is 3. The van der Waals surface area contributed by atoms with Gasteiger partial charge in [0.05, 0.1) is 17.3 Å². The zero-order valence-electron chi connectivity index (χ0n) is 11.2. The number of imidazole rings is 1. The van der Waals surface area contributed by atoms with E-state index in [1.165, 1.54) is 0 Å². The number of aliphatic hydroxyl groups is 1. The first-order valence-corrected chi connectivity index (χ1v) is 7.62. The standard InChI is InChI=1S/C16H13N3OS/c20-14(9-12-10-19-7-8-21-16(19)18-12)13-5-1-3-11-4-2-6-17-15(11)13/h1-8,10,14,20H,9H2. The van der Waals surface area contributed by atoms with Gasteiger partial charge >= 0.3 is 0 Å². The fraction of sp³-hybridized carbons (Fsp3) is 0.125. The predicted molar refractivity (Wildman–Crippen MR) is 83.5 cm³/mol. The summed E-state index contributed by atoms with van der Waals surface area (Å²) in [6, 6.07) is 9.80. The van der Waals surface area contributed by atoms with Crippen molar-refractivity contribution in [2.24, 2.45) is 0 Å². The molecule has 3 aromatic heterocycles.